The van der Waals surface area contributed by atoms with E-state index in [1.54, 1.807) is 24.3 Å². The maximum absolute atomic E-state index is 12.5. The third-order valence-electron chi connectivity index (χ3n) is 6.36. The van der Waals surface area contributed by atoms with Gasteiger partial charge in [0.2, 0.25) is 0 Å². The van der Waals surface area contributed by atoms with Gasteiger partial charge in [0.1, 0.15) is 17.6 Å². The molecule has 1 unspecified atom stereocenters. The van der Waals surface area contributed by atoms with Crippen molar-refractivity contribution in [1.29, 1.82) is 0 Å². The van der Waals surface area contributed by atoms with E-state index in [0.717, 1.165) is 27.8 Å². The minimum absolute atomic E-state index is 0.0409. The summed E-state index contributed by atoms with van der Waals surface area (Å²) >= 11 is 0. The largest absolute Gasteiger partial charge is 0.573 e. The van der Waals surface area contributed by atoms with E-state index in [4.69, 9.17) is 9.84 Å². The number of aryl methyl sites for hydroxylation is 2. The zero-order valence-electron chi connectivity index (χ0n) is 23.4. The van der Waals surface area contributed by atoms with Crippen molar-refractivity contribution in [3.8, 4) is 22.6 Å². The zero-order chi connectivity index (χ0) is 29.7. The van der Waals surface area contributed by atoms with E-state index in [0.29, 0.717) is 24.2 Å². The molecule has 3 rings (SSSR count). The Morgan fingerprint density at radius 1 is 0.850 bits per heavy atom. The van der Waals surface area contributed by atoms with Crippen molar-refractivity contribution in [3.63, 3.8) is 0 Å². The number of rotatable bonds is 11. The highest BCUT2D eigenvalue weighted by molar-refractivity contribution is 5.96. The minimum atomic E-state index is -4.74. The van der Waals surface area contributed by atoms with Gasteiger partial charge < -0.3 is 14.6 Å². The summed E-state index contributed by atoms with van der Waals surface area (Å²) in [6.07, 6.45) is -3.89. The number of carbonyl (C=O) groups excluding carboxylic acids is 1. The molecule has 214 valence electrons. The summed E-state index contributed by atoms with van der Waals surface area (Å²) in [6.45, 7) is 10.2. The molecule has 1 N–H and O–H groups in total. The Labute approximate surface area is 232 Å². The van der Waals surface area contributed by atoms with Crippen LogP contribution in [0, 0.1) is 19.3 Å². The molecule has 0 aliphatic carbocycles. The highest BCUT2D eigenvalue weighted by Crippen LogP contribution is 2.37. The minimum Gasteiger partial charge on any atom is -0.486 e. The van der Waals surface area contributed by atoms with E-state index in [-0.39, 0.29) is 35.9 Å². The lowest BCUT2D eigenvalue weighted by atomic mass is 9.86. The standard InChI is InChI=1S/C32H35F3O5/c1-20-17-26(18-21(2)30(20)24-13-15-25(16-14-24)40-32(33,34)35)39-28(19-31(3,4)5)23-11-9-22(10-12-23)27(36)7-6-8-29(37)38/h9-18,28H,6-8,19H2,1-5H3,(H,37,38). The van der Waals surface area contributed by atoms with Crippen LogP contribution in [-0.2, 0) is 4.79 Å². The molecule has 0 bridgehead atoms. The average molecular weight is 557 g/mol. The Bertz CT molecular complexity index is 1300. The Morgan fingerprint density at radius 2 is 1.43 bits per heavy atom. The molecule has 0 spiro atoms. The molecule has 0 aliphatic heterocycles. The van der Waals surface area contributed by atoms with E-state index in [1.165, 1.54) is 12.1 Å². The number of hydrogen-bond donors (Lipinski definition) is 1. The molecule has 1 atom stereocenters. The maximum Gasteiger partial charge on any atom is 0.573 e. The maximum atomic E-state index is 12.5. The van der Waals surface area contributed by atoms with Gasteiger partial charge in [-0.2, -0.15) is 0 Å². The lowest BCUT2D eigenvalue weighted by Gasteiger charge is -2.28. The molecule has 0 saturated heterocycles. The number of benzene rings is 3. The molecule has 0 aromatic heterocycles. The summed E-state index contributed by atoms with van der Waals surface area (Å²) in [6, 6.07) is 16.9. The molecule has 3 aromatic carbocycles. The number of Topliss-reactive ketones (excluding diaryl/α,β-unsaturated/α-hetero) is 1. The van der Waals surface area contributed by atoms with Crippen molar-refractivity contribution in [2.24, 2.45) is 5.41 Å². The van der Waals surface area contributed by atoms with Crippen molar-refractivity contribution >= 4 is 11.8 Å². The Kier molecular flexibility index (Phi) is 9.66. The van der Waals surface area contributed by atoms with Crippen molar-refractivity contribution in [1.82, 2.24) is 0 Å². The first kappa shape index (κ1) is 30.7. The normalized spacial score (nSPS) is 12.6. The van der Waals surface area contributed by atoms with Crippen molar-refractivity contribution in [3.05, 3.63) is 82.9 Å². The first-order chi connectivity index (χ1) is 18.6. The number of ketones is 1. The van der Waals surface area contributed by atoms with Gasteiger partial charge in [-0.3, -0.25) is 9.59 Å². The van der Waals surface area contributed by atoms with Gasteiger partial charge in [0.05, 0.1) is 0 Å². The van der Waals surface area contributed by atoms with Gasteiger partial charge in [-0.05, 0) is 84.2 Å². The summed E-state index contributed by atoms with van der Waals surface area (Å²) in [5.74, 6) is -0.624. The van der Waals surface area contributed by atoms with Gasteiger partial charge in [-0.1, -0.05) is 57.2 Å². The molecule has 8 heteroatoms. The van der Waals surface area contributed by atoms with Crippen molar-refractivity contribution in [2.75, 3.05) is 0 Å². The van der Waals surface area contributed by atoms with Gasteiger partial charge in [0.15, 0.2) is 5.78 Å². The van der Waals surface area contributed by atoms with Gasteiger partial charge in [-0.25, -0.2) is 0 Å². The van der Waals surface area contributed by atoms with Crippen LogP contribution in [0.25, 0.3) is 11.1 Å². The molecule has 0 aliphatic rings. The van der Waals surface area contributed by atoms with Crippen molar-refractivity contribution in [2.45, 2.75) is 72.8 Å². The first-order valence-corrected chi connectivity index (χ1v) is 13.1. The zero-order valence-corrected chi connectivity index (χ0v) is 23.4. The fourth-order valence-corrected chi connectivity index (χ4v) is 4.65. The summed E-state index contributed by atoms with van der Waals surface area (Å²) in [4.78, 5) is 23.2. The number of halogens is 3. The van der Waals surface area contributed by atoms with E-state index < -0.39 is 12.3 Å². The van der Waals surface area contributed by atoms with Crippen LogP contribution in [0.4, 0.5) is 13.2 Å². The number of ether oxygens (including phenoxy) is 2. The topological polar surface area (TPSA) is 72.8 Å². The second-order valence-electron chi connectivity index (χ2n) is 11.2. The fourth-order valence-electron chi connectivity index (χ4n) is 4.65. The predicted octanol–water partition coefficient (Wildman–Crippen LogP) is 8.86. The van der Waals surface area contributed by atoms with Crippen LogP contribution in [0.15, 0.2) is 60.7 Å². The number of carboxylic acid groups (broad SMARTS) is 1. The molecule has 0 heterocycles. The average Bonchev–Trinajstić information content (AvgIpc) is 2.82. The van der Waals surface area contributed by atoms with Crippen molar-refractivity contribution < 1.29 is 37.3 Å². The van der Waals surface area contributed by atoms with E-state index in [9.17, 15) is 22.8 Å². The summed E-state index contributed by atoms with van der Waals surface area (Å²) in [5.41, 5.74) is 4.89. The second-order valence-corrected chi connectivity index (χ2v) is 11.2. The number of carboxylic acids is 1. The summed E-state index contributed by atoms with van der Waals surface area (Å²) < 4.78 is 48.1. The number of alkyl halides is 3. The monoisotopic (exact) mass is 556 g/mol. The fraction of sp³-hybridized carbons (Fsp3) is 0.375. The van der Waals surface area contributed by atoms with Gasteiger partial charge >= 0.3 is 12.3 Å². The molecular formula is C32H35F3O5. The van der Waals surface area contributed by atoms with Gasteiger partial charge in [0.25, 0.3) is 0 Å². The first-order valence-electron chi connectivity index (χ1n) is 13.1. The summed E-state index contributed by atoms with van der Waals surface area (Å²) in [5, 5.41) is 8.80. The van der Waals surface area contributed by atoms with Crippen LogP contribution < -0.4 is 9.47 Å². The highest BCUT2D eigenvalue weighted by Gasteiger charge is 2.31. The van der Waals surface area contributed by atoms with Crippen LogP contribution in [0.3, 0.4) is 0 Å². The van der Waals surface area contributed by atoms with Gasteiger partial charge in [0, 0.05) is 18.4 Å². The number of carbonyl (C=O) groups is 2. The quantitative estimate of drug-likeness (QED) is 0.239. The van der Waals surface area contributed by atoms with Crippen LogP contribution >= 0.6 is 0 Å². The molecule has 0 fully saturated rings. The highest BCUT2D eigenvalue weighted by atomic mass is 19.4. The third kappa shape index (κ3) is 9.14. The van der Waals surface area contributed by atoms with Gasteiger partial charge in [-0.15, -0.1) is 13.2 Å². The third-order valence-corrected chi connectivity index (χ3v) is 6.36. The van der Waals surface area contributed by atoms with Crippen LogP contribution in [-0.4, -0.2) is 23.2 Å². The van der Waals surface area contributed by atoms with Crippen LogP contribution in [0.2, 0.25) is 0 Å². The predicted molar refractivity (Wildman–Crippen MR) is 148 cm³/mol. The molecule has 40 heavy (non-hydrogen) atoms. The smallest absolute Gasteiger partial charge is 0.486 e. The molecule has 3 aromatic rings. The Morgan fingerprint density at radius 3 is 1.93 bits per heavy atom. The molecule has 0 saturated carbocycles. The van der Waals surface area contributed by atoms with Crippen LogP contribution in [0.1, 0.15) is 79.6 Å². The number of hydrogen-bond acceptors (Lipinski definition) is 4. The van der Waals surface area contributed by atoms with E-state index >= 15 is 0 Å². The Balaban J connectivity index is 1.82. The van der Waals surface area contributed by atoms with Crippen LogP contribution in [0.5, 0.6) is 11.5 Å². The lowest BCUT2D eigenvalue weighted by molar-refractivity contribution is -0.274. The molecule has 5 nitrogen and oxygen atoms in total. The van der Waals surface area contributed by atoms with E-state index in [1.807, 2.05) is 38.1 Å². The van der Waals surface area contributed by atoms with E-state index in [2.05, 4.69) is 25.5 Å². The number of aliphatic carboxylic acids is 1. The second kappa shape index (κ2) is 12.6. The molecular weight excluding hydrogens is 521 g/mol. The summed E-state index contributed by atoms with van der Waals surface area (Å²) in [7, 11) is 0. The molecule has 0 amide bonds. The molecule has 0 radical (unpaired) electrons. The lowest BCUT2D eigenvalue weighted by Crippen LogP contribution is -2.17. The SMILES string of the molecule is Cc1cc(OC(CC(C)(C)C)c2ccc(C(=O)CCCC(=O)O)cc2)cc(C)c1-c1ccc(OC(F)(F)F)cc1. The Hall–Kier alpha value is -3.81.